The van der Waals surface area contributed by atoms with E-state index in [0.717, 1.165) is 4.90 Å². The van der Waals surface area contributed by atoms with E-state index >= 15 is 0 Å². The Kier molecular flexibility index (Phi) is 4.28. The van der Waals surface area contributed by atoms with E-state index in [-0.39, 0.29) is 25.6 Å². The minimum Gasteiger partial charge on any atom is -0.394 e. The summed E-state index contributed by atoms with van der Waals surface area (Å²) in [4.78, 5) is 36.9. The van der Waals surface area contributed by atoms with Gasteiger partial charge < -0.3 is 15.3 Å². The van der Waals surface area contributed by atoms with Crippen molar-refractivity contribution < 1.29 is 19.5 Å². The molecule has 1 heterocycles. The van der Waals surface area contributed by atoms with Crippen molar-refractivity contribution in [3.05, 3.63) is 0 Å². The molecule has 0 aliphatic carbocycles. The molecule has 2 N–H and O–H groups in total. The number of amides is 4. The molecule has 1 rings (SSSR count). The van der Waals surface area contributed by atoms with Crippen molar-refractivity contribution in [1.29, 1.82) is 0 Å². The van der Waals surface area contributed by atoms with E-state index in [1.54, 1.807) is 6.92 Å². The largest absolute Gasteiger partial charge is 0.394 e. The van der Waals surface area contributed by atoms with Crippen LogP contribution in [0.5, 0.6) is 0 Å². The standard InChI is InChI=1S/C11H19N3O4/c1-4-11(2,7-15)12-8(16)5-14-9(17)6-13(3)10(14)18/h15H,4-7H2,1-3H3,(H,12,16). The highest BCUT2D eigenvalue weighted by Gasteiger charge is 2.35. The number of aliphatic hydroxyl groups is 1. The zero-order chi connectivity index (χ0) is 13.9. The van der Waals surface area contributed by atoms with Gasteiger partial charge in [-0.3, -0.25) is 14.5 Å². The second-order valence-electron chi connectivity index (χ2n) is 4.74. The van der Waals surface area contributed by atoms with Crippen LogP contribution in [0, 0.1) is 0 Å². The summed E-state index contributed by atoms with van der Waals surface area (Å²) >= 11 is 0. The van der Waals surface area contributed by atoms with Gasteiger partial charge in [-0.05, 0) is 13.3 Å². The molecule has 0 bridgehead atoms. The van der Waals surface area contributed by atoms with E-state index in [1.165, 1.54) is 11.9 Å². The summed E-state index contributed by atoms with van der Waals surface area (Å²) in [5, 5.41) is 11.8. The van der Waals surface area contributed by atoms with Gasteiger partial charge in [0.05, 0.1) is 12.1 Å². The van der Waals surface area contributed by atoms with Gasteiger partial charge in [0.2, 0.25) is 5.91 Å². The monoisotopic (exact) mass is 257 g/mol. The third-order valence-electron chi connectivity index (χ3n) is 3.10. The highest BCUT2D eigenvalue weighted by Crippen LogP contribution is 2.10. The van der Waals surface area contributed by atoms with Crippen molar-refractivity contribution in [3.63, 3.8) is 0 Å². The van der Waals surface area contributed by atoms with Crippen molar-refractivity contribution >= 4 is 17.8 Å². The van der Waals surface area contributed by atoms with Gasteiger partial charge in [-0.2, -0.15) is 0 Å². The van der Waals surface area contributed by atoms with E-state index in [4.69, 9.17) is 0 Å². The maximum atomic E-state index is 11.7. The minimum atomic E-state index is -0.727. The summed E-state index contributed by atoms with van der Waals surface area (Å²) in [6, 6.07) is -0.475. The fourth-order valence-corrected chi connectivity index (χ4v) is 1.58. The Labute approximate surface area is 106 Å². The molecule has 4 amide bonds. The van der Waals surface area contributed by atoms with E-state index in [1.807, 2.05) is 6.92 Å². The summed E-state index contributed by atoms with van der Waals surface area (Å²) in [6.07, 6.45) is 0.553. The Bertz CT molecular complexity index is 365. The third kappa shape index (κ3) is 2.98. The minimum absolute atomic E-state index is 0.00282. The smallest absolute Gasteiger partial charge is 0.327 e. The van der Waals surface area contributed by atoms with Gasteiger partial charge in [0, 0.05) is 7.05 Å². The lowest BCUT2D eigenvalue weighted by molar-refractivity contribution is -0.131. The van der Waals surface area contributed by atoms with Crippen molar-refractivity contribution in [2.45, 2.75) is 25.8 Å². The maximum absolute atomic E-state index is 11.7. The van der Waals surface area contributed by atoms with Crippen LogP contribution in [-0.4, -0.2) is 65.0 Å². The molecule has 1 aliphatic rings. The molecule has 1 atom stereocenters. The van der Waals surface area contributed by atoms with Crippen molar-refractivity contribution in [1.82, 2.24) is 15.1 Å². The topological polar surface area (TPSA) is 89.9 Å². The molecule has 1 fully saturated rings. The normalized spacial score (nSPS) is 19.1. The van der Waals surface area contributed by atoms with Crippen molar-refractivity contribution in [2.24, 2.45) is 0 Å². The molecule has 18 heavy (non-hydrogen) atoms. The number of hydrogen-bond acceptors (Lipinski definition) is 4. The predicted octanol–water partition coefficient (Wildman–Crippen LogP) is -0.842. The quantitative estimate of drug-likeness (QED) is 0.628. The lowest BCUT2D eigenvalue weighted by atomic mass is 10.0. The molecular weight excluding hydrogens is 238 g/mol. The lowest BCUT2D eigenvalue weighted by Crippen LogP contribution is -2.52. The highest BCUT2D eigenvalue weighted by atomic mass is 16.3. The predicted molar refractivity (Wildman–Crippen MR) is 63.7 cm³/mol. The molecule has 7 heteroatoms. The van der Waals surface area contributed by atoms with E-state index < -0.39 is 17.5 Å². The Morgan fingerprint density at radius 2 is 2.11 bits per heavy atom. The van der Waals surface area contributed by atoms with Crippen LogP contribution in [0.4, 0.5) is 4.79 Å². The molecule has 0 radical (unpaired) electrons. The molecule has 0 aromatic heterocycles. The molecule has 0 aromatic rings. The molecule has 102 valence electrons. The summed E-state index contributed by atoms with van der Waals surface area (Å²) in [6.45, 7) is 3.02. The molecule has 0 spiro atoms. The fourth-order valence-electron chi connectivity index (χ4n) is 1.58. The fraction of sp³-hybridized carbons (Fsp3) is 0.727. The molecule has 0 saturated carbocycles. The molecule has 1 aliphatic heterocycles. The number of carbonyl (C=O) groups excluding carboxylic acids is 3. The zero-order valence-corrected chi connectivity index (χ0v) is 10.9. The highest BCUT2D eigenvalue weighted by molar-refractivity contribution is 6.04. The second kappa shape index (κ2) is 5.34. The number of hydrogen-bond donors (Lipinski definition) is 2. The Balaban J connectivity index is 2.61. The van der Waals surface area contributed by atoms with Gasteiger partial charge in [0.15, 0.2) is 0 Å². The molecule has 7 nitrogen and oxygen atoms in total. The zero-order valence-electron chi connectivity index (χ0n) is 10.9. The van der Waals surface area contributed by atoms with Gasteiger partial charge in [0.1, 0.15) is 13.1 Å². The Morgan fingerprint density at radius 3 is 2.50 bits per heavy atom. The van der Waals surface area contributed by atoms with Crippen LogP contribution in [0.3, 0.4) is 0 Å². The molecule has 0 aromatic carbocycles. The van der Waals surface area contributed by atoms with Crippen LogP contribution in [0.25, 0.3) is 0 Å². The first-order valence-electron chi connectivity index (χ1n) is 5.80. The van der Waals surface area contributed by atoms with Crippen LogP contribution in [-0.2, 0) is 9.59 Å². The molecule has 1 saturated heterocycles. The Hall–Kier alpha value is -1.63. The first-order valence-corrected chi connectivity index (χ1v) is 5.80. The van der Waals surface area contributed by atoms with Crippen LogP contribution >= 0.6 is 0 Å². The van der Waals surface area contributed by atoms with Crippen molar-refractivity contribution in [3.8, 4) is 0 Å². The number of aliphatic hydroxyl groups excluding tert-OH is 1. The summed E-state index contributed by atoms with van der Waals surface area (Å²) < 4.78 is 0. The van der Waals surface area contributed by atoms with Gasteiger partial charge in [-0.15, -0.1) is 0 Å². The van der Waals surface area contributed by atoms with Gasteiger partial charge >= 0.3 is 6.03 Å². The van der Waals surface area contributed by atoms with E-state index in [0.29, 0.717) is 6.42 Å². The SMILES string of the molecule is CCC(C)(CO)NC(=O)CN1C(=O)CN(C)C1=O. The number of urea groups is 1. The van der Waals surface area contributed by atoms with E-state index in [2.05, 4.69) is 5.32 Å². The number of rotatable bonds is 5. The van der Waals surface area contributed by atoms with E-state index in [9.17, 15) is 19.5 Å². The number of carbonyl (C=O) groups is 3. The first-order chi connectivity index (χ1) is 8.33. The summed E-state index contributed by atoms with van der Waals surface area (Å²) in [7, 11) is 1.50. The summed E-state index contributed by atoms with van der Waals surface area (Å²) in [5.41, 5.74) is -0.727. The number of likely N-dealkylation sites (N-methyl/N-ethyl adjacent to an activating group) is 1. The lowest BCUT2D eigenvalue weighted by Gasteiger charge is -2.28. The van der Waals surface area contributed by atoms with Gasteiger partial charge in [0.25, 0.3) is 5.91 Å². The van der Waals surface area contributed by atoms with Crippen LogP contribution in [0.1, 0.15) is 20.3 Å². The molecule has 1 unspecified atom stereocenters. The molecular formula is C11H19N3O4. The van der Waals surface area contributed by atoms with Crippen LogP contribution in [0.15, 0.2) is 0 Å². The Morgan fingerprint density at radius 1 is 1.50 bits per heavy atom. The number of imide groups is 1. The van der Waals surface area contributed by atoms with Gasteiger partial charge in [-0.25, -0.2) is 4.79 Å². The van der Waals surface area contributed by atoms with Crippen LogP contribution in [0.2, 0.25) is 0 Å². The average Bonchev–Trinajstić information content (AvgIpc) is 2.56. The maximum Gasteiger partial charge on any atom is 0.327 e. The number of nitrogens with zero attached hydrogens (tertiary/aromatic N) is 2. The van der Waals surface area contributed by atoms with Crippen LogP contribution < -0.4 is 5.32 Å². The average molecular weight is 257 g/mol. The third-order valence-corrected chi connectivity index (χ3v) is 3.10. The second-order valence-corrected chi connectivity index (χ2v) is 4.74. The number of nitrogens with one attached hydrogen (secondary N) is 1. The summed E-state index contributed by atoms with van der Waals surface area (Å²) in [5.74, 6) is -0.842. The first kappa shape index (κ1) is 14.4. The van der Waals surface area contributed by atoms with Gasteiger partial charge in [-0.1, -0.05) is 6.92 Å². The van der Waals surface area contributed by atoms with Crippen molar-refractivity contribution in [2.75, 3.05) is 26.7 Å².